The van der Waals surface area contributed by atoms with Crippen LogP contribution in [-0.4, -0.2) is 40.8 Å². The van der Waals surface area contributed by atoms with Gasteiger partial charge < -0.3 is 15.1 Å². The Morgan fingerprint density at radius 3 is 2.65 bits per heavy atom. The molecule has 0 spiro atoms. The molecule has 108 valence electrons. The molecule has 20 heavy (non-hydrogen) atoms. The Bertz CT molecular complexity index is 542. The molecule has 0 amide bonds. The van der Waals surface area contributed by atoms with Crippen LogP contribution in [0.1, 0.15) is 15.9 Å². The van der Waals surface area contributed by atoms with Crippen LogP contribution in [0.4, 0.5) is 11.4 Å². The maximum Gasteiger partial charge on any atom is 0.336 e. The highest BCUT2D eigenvalue weighted by Crippen LogP contribution is 2.30. The van der Waals surface area contributed by atoms with Gasteiger partial charge in [-0.05, 0) is 13.0 Å². The van der Waals surface area contributed by atoms with Crippen LogP contribution in [-0.2, 0) is 0 Å². The van der Waals surface area contributed by atoms with Crippen LogP contribution in [0.3, 0.4) is 0 Å². The number of nitro groups is 1. The minimum Gasteiger partial charge on any atom is -0.478 e. The summed E-state index contributed by atoms with van der Waals surface area (Å²) in [5.74, 6) is -1.24. The predicted molar refractivity (Wildman–Crippen MR) is 74.3 cm³/mol. The molecule has 0 saturated heterocycles. The van der Waals surface area contributed by atoms with Crippen LogP contribution < -0.4 is 4.90 Å². The largest absolute Gasteiger partial charge is 0.478 e. The zero-order valence-corrected chi connectivity index (χ0v) is 11.1. The van der Waals surface area contributed by atoms with Gasteiger partial charge in [-0.15, -0.1) is 6.58 Å². The lowest BCUT2D eigenvalue weighted by Crippen LogP contribution is -2.27. The van der Waals surface area contributed by atoms with Crippen LogP contribution in [0.25, 0.3) is 0 Å². The average molecular weight is 280 g/mol. The molecule has 0 aliphatic carbocycles. The van der Waals surface area contributed by atoms with E-state index in [0.29, 0.717) is 17.8 Å². The van der Waals surface area contributed by atoms with Crippen LogP contribution in [0.2, 0.25) is 0 Å². The van der Waals surface area contributed by atoms with Crippen molar-refractivity contribution in [3.8, 4) is 0 Å². The summed E-state index contributed by atoms with van der Waals surface area (Å²) >= 11 is 0. The Morgan fingerprint density at radius 2 is 2.20 bits per heavy atom. The molecule has 1 rings (SSSR count). The summed E-state index contributed by atoms with van der Waals surface area (Å²) in [7, 11) is 0. The van der Waals surface area contributed by atoms with Gasteiger partial charge in [-0.25, -0.2) is 4.79 Å². The number of carboxylic acids is 1. The van der Waals surface area contributed by atoms with Gasteiger partial charge in [-0.1, -0.05) is 6.08 Å². The highest BCUT2D eigenvalue weighted by Gasteiger charge is 2.21. The first-order chi connectivity index (χ1) is 9.42. The molecule has 0 heterocycles. The third kappa shape index (κ3) is 3.33. The van der Waals surface area contributed by atoms with Gasteiger partial charge in [0.05, 0.1) is 22.7 Å². The van der Waals surface area contributed by atoms with E-state index < -0.39 is 10.9 Å². The average Bonchev–Trinajstić information content (AvgIpc) is 2.38. The van der Waals surface area contributed by atoms with Crippen molar-refractivity contribution in [3.63, 3.8) is 0 Å². The number of hydrogen-bond donors (Lipinski definition) is 2. The second kappa shape index (κ2) is 6.67. The summed E-state index contributed by atoms with van der Waals surface area (Å²) in [6.45, 7) is 5.55. The van der Waals surface area contributed by atoms with Gasteiger partial charge in [0.2, 0.25) is 0 Å². The summed E-state index contributed by atoms with van der Waals surface area (Å²) in [6.07, 6.45) is 1.58. The number of carbonyl (C=O) groups is 1. The van der Waals surface area contributed by atoms with Crippen molar-refractivity contribution >= 4 is 17.3 Å². The predicted octanol–water partition coefficient (Wildman–Crippen LogP) is 1.59. The summed E-state index contributed by atoms with van der Waals surface area (Å²) < 4.78 is 0. The molecule has 7 heteroatoms. The van der Waals surface area contributed by atoms with Gasteiger partial charge in [-0.2, -0.15) is 0 Å². The van der Waals surface area contributed by atoms with Gasteiger partial charge in [-0.3, -0.25) is 10.1 Å². The molecule has 1 aromatic carbocycles. The molecular weight excluding hydrogens is 264 g/mol. The minimum absolute atomic E-state index is 0.154. The van der Waals surface area contributed by atoms with E-state index in [1.54, 1.807) is 17.9 Å². The zero-order chi connectivity index (χ0) is 15.3. The topological polar surface area (TPSA) is 104 Å². The van der Waals surface area contributed by atoms with Crippen LogP contribution >= 0.6 is 0 Å². The fraction of sp³-hybridized carbons (Fsp3) is 0.308. The molecule has 1 aromatic rings. The lowest BCUT2D eigenvalue weighted by atomic mass is 10.1. The Kier molecular flexibility index (Phi) is 5.22. The lowest BCUT2D eigenvalue weighted by Gasteiger charge is -2.24. The molecule has 7 nitrogen and oxygen atoms in total. The fourth-order valence-corrected chi connectivity index (χ4v) is 1.91. The molecule has 0 saturated carbocycles. The van der Waals surface area contributed by atoms with Gasteiger partial charge in [0, 0.05) is 24.8 Å². The Balaban J connectivity index is 3.45. The van der Waals surface area contributed by atoms with Crippen molar-refractivity contribution in [2.75, 3.05) is 24.6 Å². The number of nitrogens with zero attached hydrogens (tertiary/aromatic N) is 2. The van der Waals surface area contributed by atoms with Crippen molar-refractivity contribution < 1.29 is 19.9 Å². The van der Waals surface area contributed by atoms with E-state index in [4.69, 9.17) is 10.2 Å². The second-order valence-electron chi connectivity index (χ2n) is 4.16. The molecule has 0 aliphatic heterocycles. The Morgan fingerprint density at radius 1 is 1.55 bits per heavy atom. The van der Waals surface area contributed by atoms with E-state index in [1.165, 1.54) is 6.07 Å². The number of benzene rings is 1. The highest BCUT2D eigenvalue weighted by molar-refractivity contribution is 5.90. The number of aliphatic hydroxyl groups excluding tert-OH is 1. The van der Waals surface area contributed by atoms with E-state index in [2.05, 4.69) is 6.58 Å². The number of nitro benzene ring substituents is 1. The molecule has 0 aliphatic rings. The smallest absolute Gasteiger partial charge is 0.336 e. The first-order valence-corrected chi connectivity index (χ1v) is 5.91. The molecule has 2 N–H and O–H groups in total. The first kappa shape index (κ1) is 15.6. The number of carboxylic acid groups (broad SMARTS) is 1. The SMILES string of the molecule is C=CCN(CCO)c1cc(C(=O)O)cc([N+](=O)[O-])c1C. The molecule has 0 bridgehead atoms. The molecule has 0 atom stereocenters. The van der Waals surface area contributed by atoms with E-state index >= 15 is 0 Å². The molecule has 0 unspecified atom stereocenters. The Labute approximate surface area is 115 Å². The van der Waals surface area contributed by atoms with Crippen LogP contribution in [0.15, 0.2) is 24.8 Å². The monoisotopic (exact) mass is 280 g/mol. The van der Waals surface area contributed by atoms with Crippen molar-refractivity contribution in [2.45, 2.75) is 6.92 Å². The van der Waals surface area contributed by atoms with E-state index in [0.717, 1.165) is 6.07 Å². The van der Waals surface area contributed by atoms with Gasteiger partial charge in [0.25, 0.3) is 5.69 Å². The minimum atomic E-state index is -1.24. The van der Waals surface area contributed by atoms with E-state index in [9.17, 15) is 14.9 Å². The van der Waals surface area contributed by atoms with E-state index in [1.807, 2.05) is 0 Å². The summed E-state index contributed by atoms with van der Waals surface area (Å²) in [6, 6.07) is 2.40. The molecular formula is C13H16N2O5. The van der Waals surface area contributed by atoms with Crippen molar-refractivity contribution in [3.05, 3.63) is 46.0 Å². The van der Waals surface area contributed by atoms with E-state index in [-0.39, 0.29) is 24.4 Å². The summed E-state index contributed by atoms with van der Waals surface area (Å²) in [5, 5.41) is 29.1. The summed E-state index contributed by atoms with van der Waals surface area (Å²) in [4.78, 5) is 23.1. The standard InChI is InChI=1S/C13H16N2O5/c1-3-4-14(5-6-16)11-7-10(13(17)18)8-12(9(11)2)15(19)20/h3,7-8,16H,1,4-6H2,2H3,(H,17,18). The van der Waals surface area contributed by atoms with Crippen molar-refractivity contribution in [1.82, 2.24) is 0 Å². The molecule has 0 fully saturated rings. The maximum atomic E-state index is 11.1. The second-order valence-corrected chi connectivity index (χ2v) is 4.16. The normalized spacial score (nSPS) is 10.1. The highest BCUT2D eigenvalue weighted by atomic mass is 16.6. The fourth-order valence-electron chi connectivity index (χ4n) is 1.91. The lowest BCUT2D eigenvalue weighted by molar-refractivity contribution is -0.385. The third-order valence-corrected chi connectivity index (χ3v) is 2.86. The zero-order valence-electron chi connectivity index (χ0n) is 11.1. The van der Waals surface area contributed by atoms with Crippen LogP contribution in [0, 0.1) is 17.0 Å². The quantitative estimate of drug-likeness (QED) is 0.446. The van der Waals surface area contributed by atoms with Gasteiger partial charge >= 0.3 is 5.97 Å². The number of hydrogen-bond acceptors (Lipinski definition) is 5. The molecule has 0 radical (unpaired) electrons. The Hall–Kier alpha value is -2.41. The molecule has 0 aromatic heterocycles. The number of anilines is 1. The van der Waals surface area contributed by atoms with Crippen molar-refractivity contribution in [2.24, 2.45) is 0 Å². The maximum absolute atomic E-state index is 11.1. The number of aliphatic hydroxyl groups is 1. The third-order valence-electron chi connectivity index (χ3n) is 2.86. The van der Waals surface area contributed by atoms with Crippen LogP contribution in [0.5, 0.6) is 0 Å². The number of rotatable bonds is 7. The first-order valence-electron chi connectivity index (χ1n) is 5.91. The number of aromatic carboxylic acids is 1. The van der Waals surface area contributed by atoms with Gasteiger partial charge in [0.15, 0.2) is 0 Å². The summed E-state index contributed by atoms with van der Waals surface area (Å²) in [5.41, 5.74) is 0.344. The van der Waals surface area contributed by atoms with Gasteiger partial charge in [0.1, 0.15) is 0 Å². The van der Waals surface area contributed by atoms with Crippen molar-refractivity contribution in [1.29, 1.82) is 0 Å².